The summed E-state index contributed by atoms with van der Waals surface area (Å²) in [5, 5.41) is 0. The van der Waals surface area contributed by atoms with Crippen LogP contribution in [0.15, 0.2) is 6.20 Å². The zero-order valence-corrected chi connectivity index (χ0v) is 11.0. The number of rotatable bonds is 3. The van der Waals surface area contributed by atoms with Gasteiger partial charge in [-0.15, -0.1) is 0 Å². The number of hydrogen-bond acceptors (Lipinski definition) is 2. The van der Waals surface area contributed by atoms with Crippen LogP contribution in [0.4, 0.5) is 13.2 Å². The summed E-state index contributed by atoms with van der Waals surface area (Å²) in [5.74, 6) is 2.68. The number of halogens is 3. The first-order chi connectivity index (χ1) is 9.86. The van der Waals surface area contributed by atoms with E-state index in [2.05, 4.69) is 9.97 Å². The van der Waals surface area contributed by atoms with E-state index in [1.807, 2.05) is 0 Å². The van der Waals surface area contributed by atoms with Gasteiger partial charge in [-0.2, -0.15) is 13.2 Å². The van der Waals surface area contributed by atoms with Gasteiger partial charge in [0.25, 0.3) is 0 Å². The first kappa shape index (κ1) is 12.1. The predicted octanol–water partition coefficient (Wildman–Crippen LogP) is 1.68. The first-order valence-electron chi connectivity index (χ1n) is 7.27. The largest absolute Gasteiger partial charge is 0.432 e. The first-order valence-corrected chi connectivity index (χ1v) is 7.27. The summed E-state index contributed by atoms with van der Waals surface area (Å²) in [5.41, 5.74) is 4.33. The molecule has 21 heavy (non-hydrogen) atoms. The van der Waals surface area contributed by atoms with Crippen LogP contribution in [0.1, 0.15) is 24.4 Å². The molecule has 4 nitrogen and oxygen atoms in total. The monoisotopic (exact) mass is 297 g/mol. The fraction of sp³-hybridized carbons (Fsp3) is 0.714. The summed E-state index contributed by atoms with van der Waals surface area (Å²) in [6.45, 7) is 0. The molecule has 1 aromatic heterocycles. The molecular formula is C14H14F3N3O. The summed E-state index contributed by atoms with van der Waals surface area (Å²) >= 11 is 0. The Labute approximate surface area is 118 Å². The lowest BCUT2D eigenvalue weighted by Gasteiger charge is -2.93. The number of amides is 1. The molecule has 4 unspecified atom stereocenters. The van der Waals surface area contributed by atoms with Gasteiger partial charge in [0.05, 0.1) is 6.20 Å². The standard InChI is InChI=1S/C14H14F3N3O/c15-14(16,17)7-3-19-12(20-7)13-9-4-1-5(9)11(13)6(10(4)13)2-8(18)21/h3-6,9-11H,1-2H2,(H2,18,21)(H,19,20). The molecule has 1 amide bonds. The van der Waals surface area contributed by atoms with E-state index < -0.39 is 11.9 Å². The number of nitrogens with two attached hydrogens (primary N) is 1. The summed E-state index contributed by atoms with van der Waals surface area (Å²) < 4.78 is 38.2. The van der Waals surface area contributed by atoms with E-state index in [9.17, 15) is 18.0 Å². The normalized spacial score (nSPS) is 48.3. The van der Waals surface area contributed by atoms with Crippen LogP contribution < -0.4 is 5.73 Å². The Morgan fingerprint density at radius 2 is 2.05 bits per heavy atom. The van der Waals surface area contributed by atoms with Crippen molar-refractivity contribution >= 4 is 5.91 Å². The number of carbonyl (C=O) groups excluding carboxylic acids is 1. The van der Waals surface area contributed by atoms with Crippen LogP contribution in [0.2, 0.25) is 0 Å². The fourth-order valence-electron chi connectivity index (χ4n) is 6.41. The molecule has 4 saturated carbocycles. The van der Waals surface area contributed by atoms with Crippen LogP contribution in [0, 0.1) is 35.5 Å². The van der Waals surface area contributed by atoms with E-state index in [-0.39, 0.29) is 17.2 Å². The predicted molar refractivity (Wildman–Crippen MR) is 64.6 cm³/mol. The van der Waals surface area contributed by atoms with Gasteiger partial charge in [-0.25, -0.2) is 4.98 Å². The Hall–Kier alpha value is -1.53. The number of nitrogens with one attached hydrogen (secondary N) is 1. The molecule has 4 aliphatic rings. The third-order valence-electron chi connectivity index (χ3n) is 6.69. The molecule has 4 fully saturated rings. The SMILES string of the molecule is NC(=O)CC1C2C3CC4C1C2(c1ncc(C(F)(F)F)[nH]1)C34. The highest BCUT2D eigenvalue weighted by atomic mass is 19.4. The average molecular weight is 297 g/mol. The minimum absolute atomic E-state index is 0.197. The smallest absolute Gasteiger partial charge is 0.370 e. The molecule has 4 atom stereocenters. The topological polar surface area (TPSA) is 71.8 Å². The zero-order valence-electron chi connectivity index (χ0n) is 11.0. The number of aromatic nitrogens is 2. The lowest BCUT2D eigenvalue weighted by Crippen LogP contribution is -2.93. The Kier molecular flexibility index (Phi) is 1.79. The molecule has 1 heterocycles. The molecule has 1 aromatic rings. The van der Waals surface area contributed by atoms with Crippen LogP contribution in [0.5, 0.6) is 0 Å². The van der Waals surface area contributed by atoms with Gasteiger partial charge in [0.15, 0.2) is 0 Å². The number of aromatic amines is 1. The van der Waals surface area contributed by atoms with Crippen LogP contribution in [-0.4, -0.2) is 15.9 Å². The second-order valence-corrected chi connectivity index (χ2v) is 7.05. The molecule has 112 valence electrons. The number of imidazole rings is 1. The van der Waals surface area contributed by atoms with Crippen molar-refractivity contribution in [1.82, 2.24) is 9.97 Å². The number of H-pyrrole nitrogens is 1. The van der Waals surface area contributed by atoms with E-state index in [4.69, 9.17) is 5.73 Å². The molecule has 4 aliphatic carbocycles. The van der Waals surface area contributed by atoms with Crippen LogP contribution in [-0.2, 0) is 16.4 Å². The summed E-state index contributed by atoms with van der Waals surface area (Å²) in [4.78, 5) is 17.7. The van der Waals surface area contributed by atoms with Gasteiger partial charge in [-0.1, -0.05) is 0 Å². The number of carbonyl (C=O) groups is 1. The molecular weight excluding hydrogens is 283 g/mol. The van der Waals surface area contributed by atoms with E-state index in [0.717, 1.165) is 6.20 Å². The van der Waals surface area contributed by atoms with Gasteiger partial charge in [0.2, 0.25) is 5.91 Å². The fourth-order valence-corrected chi connectivity index (χ4v) is 6.41. The Bertz CT molecular complexity index is 649. The maximum atomic E-state index is 12.7. The highest BCUT2D eigenvalue weighted by molar-refractivity contribution is 5.75. The highest BCUT2D eigenvalue weighted by Gasteiger charge is 2.92. The summed E-state index contributed by atoms with van der Waals surface area (Å²) in [7, 11) is 0. The second kappa shape index (κ2) is 3.13. The van der Waals surface area contributed by atoms with E-state index >= 15 is 0 Å². The molecule has 3 N–H and O–H groups in total. The third-order valence-corrected chi connectivity index (χ3v) is 6.69. The molecule has 0 spiro atoms. The van der Waals surface area contributed by atoms with Crippen molar-refractivity contribution < 1.29 is 18.0 Å². The van der Waals surface area contributed by atoms with Gasteiger partial charge < -0.3 is 10.7 Å². The van der Waals surface area contributed by atoms with E-state index in [0.29, 0.717) is 41.8 Å². The maximum absolute atomic E-state index is 12.7. The van der Waals surface area contributed by atoms with Gasteiger partial charge in [0, 0.05) is 11.8 Å². The minimum atomic E-state index is -4.38. The molecule has 7 heteroatoms. The van der Waals surface area contributed by atoms with Gasteiger partial charge in [-0.05, 0) is 41.9 Å². The lowest BCUT2D eigenvalue weighted by molar-refractivity contribution is -0.429. The van der Waals surface area contributed by atoms with Crippen LogP contribution in [0.3, 0.4) is 0 Å². The average Bonchev–Trinajstić information content (AvgIpc) is 2.84. The number of fused-ring (bicyclic) bond motifs is 2. The lowest BCUT2D eigenvalue weighted by atomic mass is 9.10. The Morgan fingerprint density at radius 3 is 2.57 bits per heavy atom. The van der Waals surface area contributed by atoms with Crippen molar-refractivity contribution in [3.63, 3.8) is 0 Å². The number of nitrogens with zero attached hydrogens (tertiary/aromatic N) is 1. The van der Waals surface area contributed by atoms with Crippen molar-refractivity contribution in [3.05, 3.63) is 17.7 Å². The summed E-state index contributed by atoms with van der Waals surface area (Å²) in [6.07, 6.45) is -1.95. The third kappa shape index (κ3) is 1.04. The van der Waals surface area contributed by atoms with E-state index in [1.54, 1.807) is 0 Å². The summed E-state index contributed by atoms with van der Waals surface area (Å²) in [6, 6.07) is 0. The van der Waals surface area contributed by atoms with Crippen molar-refractivity contribution in [2.75, 3.05) is 0 Å². The molecule has 0 bridgehead atoms. The number of hydrogen-bond donors (Lipinski definition) is 2. The number of alkyl halides is 3. The Morgan fingerprint density at radius 1 is 1.38 bits per heavy atom. The van der Waals surface area contributed by atoms with Crippen LogP contribution in [0.25, 0.3) is 0 Å². The zero-order chi connectivity index (χ0) is 14.7. The Balaban J connectivity index is 1.49. The molecule has 5 rings (SSSR count). The molecule has 0 aliphatic heterocycles. The van der Waals surface area contributed by atoms with E-state index in [1.165, 1.54) is 6.42 Å². The molecule has 0 saturated heterocycles. The van der Waals surface area contributed by atoms with Crippen molar-refractivity contribution in [2.45, 2.75) is 24.4 Å². The highest BCUT2D eigenvalue weighted by Crippen LogP contribution is 2.92. The molecule has 0 radical (unpaired) electrons. The van der Waals surface area contributed by atoms with Gasteiger partial charge in [-0.3, -0.25) is 4.79 Å². The van der Waals surface area contributed by atoms with Crippen molar-refractivity contribution in [2.24, 2.45) is 41.2 Å². The van der Waals surface area contributed by atoms with Gasteiger partial charge >= 0.3 is 6.18 Å². The maximum Gasteiger partial charge on any atom is 0.432 e. The second-order valence-electron chi connectivity index (χ2n) is 7.05. The van der Waals surface area contributed by atoms with Crippen LogP contribution >= 0.6 is 0 Å². The van der Waals surface area contributed by atoms with Crippen molar-refractivity contribution in [3.8, 4) is 0 Å². The van der Waals surface area contributed by atoms with Gasteiger partial charge in [0.1, 0.15) is 11.5 Å². The van der Waals surface area contributed by atoms with Crippen molar-refractivity contribution in [1.29, 1.82) is 0 Å². The minimum Gasteiger partial charge on any atom is -0.370 e. The molecule has 0 aromatic carbocycles. The quantitative estimate of drug-likeness (QED) is 0.891. The number of primary amides is 1.